The second-order valence-corrected chi connectivity index (χ2v) is 7.39. The first-order chi connectivity index (χ1) is 14.6. The standard InChI is InChI=1S/C23H26N4O3/c1-17-6-5-7-18(14-17)24-23(28)19-16-30-22(25-19)15-26-10-12-27(13-11-26)20-8-3-4-9-21(20)29-2/h3-9,14,16H,10-13,15H2,1-2H3,(H,24,28). The molecule has 30 heavy (non-hydrogen) atoms. The lowest BCUT2D eigenvalue weighted by Crippen LogP contribution is -2.46. The van der Waals surface area contributed by atoms with E-state index >= 15 is 0 Å². The summed E-state index contributed by atoms with van der Waals surface area (Å²) in [5.74, 6) is 1.18. The first-order valence-electron chi connectivity index (χ1n) is 10.0. The van der Waals surface area contributed by atoms with Crippen LogP contribution in [0.15, 0.2) is 59.2 Å². The number of nitrogens with zero attached hydrogens (tertiary/aromatic N) is 3. The van der Waals surface area contributed by atoms with Crippen LogP contribution in [0.3, 0.4) is 0 Å². The van der Waals surface area contributed by atoms with Crippen LogP contribution in [-0.2, 0) is 6.54 Å². The number of aryl methyl sites for hydroxylation is 1. The van der Waals surface area contributed by atoms with Gasteiger partial charge in [0.15, 0.2) is 5.69 Å². The number of carbonyl (C=O) groups is 1. The quantitative estimate of drug-likeness (QED) is 0.675. The van der Waals surface area contributed by atoms with Crippen LogP contribution in [0.2, 0.25) is 0 Å². The Morgan fingerprint density at radius 2 is 1.93 bits per heavy atom. The van der Waals surface area contributed by atoms with Crippen molar-refractivity contribution in [1.29, 1.82) is 0 Å². The number of benzene rings is 2. The Morgan fingerprint density at radius 3 is 2.70 bits per heavy atom. The maximum Gasteiger partial charge on any atom is 0.277 e. The molecule has 0 unspecified atom stereocenters. The number of methoxy groups -OCH3 is 1. The van der Waals surface area contributed by atoms with Crippen molar-refractivity contribution in [3.05, 3.63) is 71.9 Å². The summed E-state index contributed by atoms with van der Waals surface area (Å²) < 4.78 is 11.0. The van der Waals surface area contributed by atoms with Gasteiger partial charge in [0.05, 0.1) is 19.3 Å². The lowest BCUT2D eigenvalue weighted by molar-refractivity contribution is 0.102. The van der Waals surface area contributed by atoms with E-state index in [1.165, 1.54) is 6.26 Å². The van der Waals surface area contributed by atoms with Crippen molar-refractivity contribution in [1.82, 2.24) is 9.88 Å². The number of aromatic nitrogens is 1. The van der Waals surface area contributed by atoms with E-state index in [2.05, 4.69) is 26.2 Å². The van der Waals surface area contributed by atoms with Gasteiger partial charge in [-0.3, -0.25) is 9.69 Å². The van der Waals surface area contributed by atoms with Crippen molar-refractivity contribution >= 4 is 17.3 Å². The molecule has 1 N–H and O–H groups in total. The van der Waals surface area contributed by atoms with Crippen LogP contribution < -0.4 is 15.0 Å². The van der Waals surface area contributed by atoms with Crippen molar-refractivity contribution in [2.24, 2.45) is 0 Å². The van der Waals surface area contributed by atoms with Crippen molar-refractivity contribution in [3.8, 4) is 5.75 Å². The number of rotatable bonds is 6. The van der Waals surface area contributed by atoms with Gasteiger partial charge in [0, 0.05) is 31.9 Å². The summed E-state index contributed by atoms with van der Waals surface area (Å²) in [6.45, 7) is 6.11. The van der Waals surface area contributed by atoms with Crippen LogP contribution in [0.1, 0.15) is 21.9 Å². The minimum absolute atomic E-state index is 0.267. The summed E-state index contributed by atoms with van der Waals surface area (Å²) in [7, 11) is 1.70. The molecule has 0 radical (unpaired) electrons. The molecule has 2 heterocycles. The summed E-state index contributed by atoms with van der Waals surface area (Å²) in [6.07, 6.45) is 1.42. The maximum absolute atomic E-state index is 12.4. The number of oxazole rings is 1. The van der Waals surface area contributed by atoms with Gasteiger partial charge in [-0.05, 0) is 36.8 Å². The second-order valence-electron chi connectivity index (χ2n) is 7.39. The largest absolute Gasteiger partial charge is 0.495 e. The summed E-state index contributed by atoms with van der Waals surface area (Å²) >= 11 is 0. The van der Waals surface area contributed by atoms with E-state index in [1.54, 1.807) is 7.11 Å². The molecule has 3 aromatic rings. The fourth-order valence-electron chi connectivity index (χ4n) is 3.63. The average Bonchev–Trinajstić information content (AvgIpc) is 3.23. The van der Waals surface area contributed by atoms with Gasteiger partial charge in [0.2, 0.25) is 5.89 Å². The monoisotopic (exact) mass is 406 g/mol. The van der Waals surface area contributed by atoms with E-state index in [0.29, 0.717) is 18.1 Å². The van der Waals surface area contributed by atoms with E-state index in [-0.39, 0.29) is 5.91 Å². The van der Waals surface area contributed by atoms with Gasteiger partial charge in [0.1, 0.15) is 12.0 Å². The summed E-state index contributed by atoms with van der Waals surface area (Å²) in [5.41, 5.74) is 3.24. The third-order valence-corrected chi connectivity index (χ3v) is 5.22. The number of para-hydroxylation sites is 2. The van der Waals surface area contributed by atoms with Crippen LogP contribution in [-0.4, -0.2) is 49.1 Å². The number of piperazine rings is 1. The first-order valence-corrected chi connectivity index (χ1v) is 10.0. The van der Waals surface area contributed by atoms with Gasteiger partial charge in [-0.2, -0.15) is 0 Å². The molecule has 7 heteroatoms. The smallest absolute Gasteiger partial charge is 0.277 e. The number of carbonyl (C=O) groups excluding carboxylic acids is 1. The Kier molecular flexibility index (Phi) is 5.99. The van der Waals surface area contributed by atoms with Crippen LogP contribution >= 0.6 is 0 Å². The number of nitrogens with one attached hydrogen (secondary N) is 1. The van der Waals surface area contributed by atoms with Gasteiger partial charge in [-0.25, -0.2) is 4.98 Å². The molecule has 7 nitrogen and oxygen atoms in total. The number of ether oxygens (including phenoxy) is 1. The molecule has 0 aliphatic carbocycles. The molecule has 1 aliphatic heterocycles. The number of hydrogen-bond donors (Lipinski definition) is 1. The van der Waals surface area contributed by atoms with Crippen molar-refractivity contribution in [2.45, 2.75) is 13.5 Å². The molecule has 1 amide bonds. The number of hydrogen-bond acceptors (Lipinski definition) is 6. The third-order valence-electron chi connectivity index (χ3n) is 5.22. The third kappa shape index (κ3) is 4.63. The highest BCUT2D eigenvalue weighted by Crippen LogP contribution is 2.28. The number of amides is 1. The van der Waals surface area contributed by atoms with E-state index in [1.807, 2.05) is 49.4 Å². The van der Waals surface area contributed by atoms with E-state index in [4.69, 9.17) is 9.15 Å². The summed E-state index contributed by atoms with van der Waals surface area (Å²) in [4.78, 5) is 21.4. The lowest BCUT2D eigenvalue weighted by Gasteiger charge is -2.36. The highest BCUT2D eigenvalue weighted by Gasteiger charge is 2.21. The van der Waals surface area contributed by atoms with Crippen molar-refractivity contribution in [3.63, 3.8) is 0 Å². The molecule has 0 spiro atoms. The molecule has 1 saturated heterocycles. The fraction of sp³-hybridized carbons (Fsp3) is 0.304. The second kappa shape index (κ2) is 9.00. The van der Waals surface area contributed by atoms with Gasteiger partial charge in [0.25, 0.3) is 5.91 Å². The molecular weight excluding hydrogens is 380 g/mol. The van der Waals surface area contributed by atoms with E-state index in [9.17, 15) is 4.79 Å². The first kappa shape index (κ1) is 20.0. The van der Waals surface area contributed by atoms with Gasteiger partial charge in [-0.15, -0.1) is 0 Å². The molecule has 1 aliphatic rings. The van der Waals surface area contributed by atoms with Crippen LogP contribution in [0.25, 0.3) is 0 Å². The Balaban J connectivity index is 1.32. The molecule has 2 aromatic carbocycles. The highest BCUT2D eigenvalue weighted by atomic mass is 16.5. The summed E-state index contributed by atoms with van der Waals surface area (Å²) in [5, 5.41) is 2.86. The Labute approximate surface area is 176 Å². The van der Waals surface area contributed by atoms with Gasteiger partial charge < -0.3 is 19.4 Å². The minimum atomic E-state index is -0.267. The molecular formula is C23H26N4O3. The van der Waals surface area contributed by atoms with Crippen molar-refractivity contribution < 1.29 is 13.9 Å². The molecule has 0 bridgehead atoms. The van der Waals surface area contributed by atoms with Gasteiger partial charge in [-0.1, -0.05) is 24.3 Å². The van der Waals surface area contributed by atoms with E-state index in [0.717, 1.165) is 48.9 Å². The molecule has 156 valence electrons. The topological polar surface area (TPSA) is 70.8 Å². The molecule has 0 saturated carbocycles. The predicted octanol–water partition coefficient (Wildman–Crippen LogP) is 3.57. The van der Waals surface area contributed by atoms with Gasteiger partial charge >= 0.3 is 0 Å². The van der Waals surface area contributed by atoms with Crippen molar-refractivity contribution in [2.75, 3.05) is 43.5 Å². The Morgan fingerprint density at radius 1 is 1.13 bits per heavy atom. The zero-order chi connectivity index (χ0) is 20.9. The van der Waals surface area contributed by atoms with Crippen LogP contribution in [0.4, 0.5) is 11.4 Å². The van der Waals surface area contributed by atoms with Crippen LogP contribution in [0.5, 0.6) is 5.75 Å². The maximum atomic E-state index is 12.4. The minimum Gasteiger partial charge on any atom is -0.495 e. The zero-order valence-corrected chi connectivity index (χ0v) is 17.3. The Bertz CT molecular complexity index is 1010. The SMILES string of the molecule is COc1ccccc1N1CCN(Cc2nc(C(=O)Nc3cccc(C)c3)co2)CC1. The lowest BCUT2D eigenvalue weighted by atomic mass is 10.2. The normalized spacial score (nSPS) is 14.5. The zero-order valence-electron chi connectivity index (χ0n) is 17.3. The summed E-state index contributed by atoms with van der Waals surface area (Å²) in [6, 6.07) is 15.7. The fourth-order valence-corrected chi connectivity index (χ4v) is 3.63. The van der Waals surface area contributed by atoms with E-state index < -0.39 is 0 Å². The molecule has 4 rings (SSSR count). The molecule has 0 atom stereocenters. The molecule has 1 fully saturated rings. The average molecular weight is 406 g/mol. The molecule has 1 aromatic heterocycles. The number of anilines is 2. The van der Waals surface area contributed by atoms with Crippen LogP contribution in [0, 0.1) is 6.92 Å². The highest BCUT2D eigenvalue weighted by molar-refractivity contribution is 6.02. The predicted molar refractivity (Wildman–Crippen MR) is 116 cm³/mol. The Hall–Kier alpha value is -3.32.